The zero-order valence-corrected chi connectivity index (χ0v) is 18.5. The summed E-state index contributed by atoms with van der Waals surface area (Å²) >= 11 is 7.85. The van der Waals surface area contributed by atoms with Crippen LogP contribution in [0, 0.1) is 0 Å². The van der Waals surface area contributed by atoms with Crippen molar-refractivity contribution < 1.29 is 14.1 Å². The molecule has 0 aromatic carbocycles. The van der Waals surface area contributed by atoms with Crippen molar-refractivity contribution in [3.8, 4) is 22.0 Å². The fourth-order valence-corrected chi connectivity index (χ4v) is 4.39. The van der Waals surface area contributed by atoms with E-state index < -0.39 is 11.7 Å². The normalized spacial score (nSPS) is 11.7. The number of hydrogen-bond donors (Lipinski definition) is 2. The first-order valence-electron chi connectivity index (χ1n) is 9.33. The van der Waals surface area contributed by atoms with E-state index in [4.69, 9.17) is 20.9 Å². The minimum absolute atomic E-state index is 0.203. The smallest absolute Gasteiger partial charge is 0.407 e. The third kappa shape index (κ3) is 4.19. The standard InChI is InChI=1S/C19H19ClN6O4S/c1-19(2,3)30-18(28)21-5-6-26-13(15-10(20)4-7-31-15)11(16-24-9-29-25-16)12-14(26)17(27)23-8-22-12/h4,7-9H,5-6H2,1-3H3,(H,21,28)(H,22,23,27). The molecule has 4 heterocycles. The molecular formula is C19H19ClN6O4S. The highest BCUT2D eigenvalue weighted by molar-refractivity contribution is 7.14. The lowest BCUT2D eigenvalue weighted by molar-refractivity contribution is 0.0526. The van der Waals surface area contributed by atoms with E-state index in [-0.39, 0.29) is 24.5 Å². The Labute approximate surface area is 185 Å². The summed E-state index contributed by atoms with van der Waals surface area (Å²) in [5.41, 5.74) is 0.899. The average Bonchev–Trinajstić information content (AvgIpc) is 3.39. The molecule has 1 amide bonds. The molecule has 162 valence electrons. The van der Waals surface area contributed by atoms with Crippen LogP contribution in [-0.2, 0) is 11.3 Å². The van der Waals surface area contributed by atoms with Crippen LogP contribution < -0.4 is 10.9 Å². The third-order valence-electron chi connectivity index (χ3n) is 4.26. The van der Waals surface area contributed by atoms with Gasteiger partial charge in [0.1, 0.15) is 16.6 Å². The second kappa shape index (κ2) is 8.16. The maximum atomic E-state index is 12.8. The van der Waals surface area contributed by atoms with Crippen molar-refractivity contribution in [3.05, 3.63) is 39.5 Å². The molecule has 0 spiro atoms. The van der Waals surface area contributed by atoms with Crippen LogP contribution in [0.5, 0.6) is 0 Å². The lowest BCUT2D eigenvalue weighted by atomic mass is 10.2. The van der Waals surface area contributed by atoms with Crippen LogP contribution in [-0.4, -0.2) is 42.9 Å². The summed E-state index contributed by atoms with van der Waals surface area (Å²) in [7, 11) is 0. The van der Waals surface area contributed by atoms with Crippen LogP contribution >= 0.6 is 22.9 Å². The molecule has 0 aliphatic rings. The first kappa shape index (κ1) is 21.1. The number of aromatic amines is 1. The van der Waals surface area contributed by atoms with Gasteiger partial charge in [-0.15, -0.1) is 11.3 Å². The summed E-state index contributed by atoms with van der Waals surface area (Å²) in [6.45, 7) is 5.81. The van der Waals surface area contributed by atoms with Crippen LogP contribution in [0.4, 0.5) is 4.79 Å². The van der Waals surface area contributed by atoms with Gasteiger partial charge in [-0.25, -0.2) is 9.78 Å². The van der Waals surface area contributed by atoms with Crippen molar-refractivity contribution in [2.45, 2.75) is 32.9 Å². The topological polar surface area (TPSA) is 128 Å². The van der Waals surface area contributed by atoms with Crippen molar-refractivity contribution in [2.75, 3.05) is 6.54 Å². The summed E-state index contributed by atoms with van der Waals surface area (Å²) in [6, 6.07) is 1.76. The molecule has 0 aliphatic carbocycles. The predicted octanol–water partition coefficient (Wildman–Crippen LogP) is 3.68. The minimum atomic E-state index is -0.618. The Morgan fingerprint density at radius 1 is 1.39 bits per heavy atom. The molecule has 0 saturated carbocycles. The molecule has 12 heteroatoms. The summed E-state index contributed by atoms with van der Waals surface area (Å²) < 4.78 is 12.0. The van der Waals surface area contributed by atoms with Crippen LogP contribution in [0.1, 0.15) is 20.8 Å². The lowest BCUT2D eigenvalue weighted by Gasteiger charge is -2.20. The molecule has 4 aromatic rings. The number of halogens is 1. The molecule has 0 saturated heterocycles. The van der Waals surface area contributed by atoms with Gasteiger partial charge < -0.3 is 24.1 Å². The van der Waals surface area contributed by atoms with Crippen LogP contribution in [0.3, 0.4) is 0 Å². The summed E-state index contributed by atoms with van der Waals surface area (Å²) in [4.78, 5) is 36.7. The van der Waals surface area contributed by atoms with Crippen molar-refractivity contribution in [3.63, 3.8) is 0 Å². The molecule has 4 aromatic heterocycles. The van der Waals surface area contributed by atoms with E-state index in [0.717, 1.165) is 4.88 Å². The third-order valence-corrected chi connectivity index (χ3v) is 5.61. The van der Waals surface area contributed by atoms with Gasteiger partial charge in [0, 0.05) is 13.1 Å². The second-order valence-corrected chi connectivity index (χ2v) is 8.91. The molecule has 0 fully saturated rings. The molecular weight excluding hydrogens is 444 g/mol. The number of H-pyrrole nitrogens is 1. The maximum absolute atomic E-state index is 12.8. The molecule has 0 atom stereocenters. The van der Waals surface area contributed by atoms with Gasteiger partial charge >= 0.3 is 6.09 Å². The molecule has 0 unspecified atom stereocenters. The van der Waals surface area contributed by atoms with E-state index in [2.05, 4.69) is 25.4 Å². The number of carbonyl (C=O) groups is 1. The Morgan fingerprint density at radius 3 is 2.84 bits per heavy atom. The molecule has 4 rings (SSSR count). The van der Waals surface area contributed by atoms with Crippen LogP contribution in [0.15, 0.2) is 33.5 Å². The highest BCUT2D eigenvalue weighted by atomic mass is 35.5. The fourth-order valence-electron chi connectivity index (χ4n) is 3.18. The maximum Gasteiger partial charge on any atom is 0.407 e. The van der Waals surface area contributed by atoms with Crippen LogP contribution in [0.2, 0.25) is 5.02 Å². The summed E-state index contributed by atoms with van der Waals surface area (Å²) in [6.07, 6.45) is 1.97. The van der Waals surface area contributed by atoms with Gasteiger partial charge in [0.05, 0.1) is 27.5 Å². The molecule has 0 radical (unpaired) electrons. The molecule has 31 heavy (non-hydrogen) atoms. The van der Waals surface area contributed by atoms with E-state index in [0.29, 0.717) is 27.3 Å². The quantitative estimate of drug-likeness (QED) is 0.463. The number of alkyl carbamates (subject to hydrolysis) is 1. The second-order valence-electron chi connectivity index (χ2n) is 7.59. The molecule has 10 nitrogen and oxygen atoms in total. The van der Waals surface area contributed by atoms with Gasteiger partial charge in [-0.3, -0.25) is 4.79 Å². The van der Waals surface area contributed by atoms with Gasteiger partial charge in [0.25, 0.3) is 5.56 Å². The minimum Gasteiger partial charge on any atom is -0.444 e. The van der Waals surface area contributed by atoms with Gasteiger partial charge in [0.2, 0.25) is 12.2 Å². The Kier molecular flexibility index (Phi) is 5.54. The largest absolute Gasteiger partial charge is 0.444 e. The van der Waals surface area contributed by atoms with Gasteiger partial charge in [0.15, 0.2) is 0 Å². The van der Waals surface area contributed by atoms with Crippen molar-refractivity contribution in [1.82, 2.24) is 30.0 Å². The van der Waals surface area contributed by atoms with Crippen molar-refractivity contribution in [1.29, 1.82) is 0 Å². The van der Waals surface area contributed by atoms with E-state index >= 15 is 0 Å². The predicted molar refractivity (Wildman–Crippen MR) is 116 cm³/mol. The first-order valence-corrected chi connectivity index (χ1v) is 10.6. The SMILES string of the molecule is CC(C)(C)OC(=O)NCCn1c(-c2sccc2Cl)c(-c2ncon2)c2nc[nH]c(=O)c21. The highest BCUT2D eigenvalue weighted by Crippen LogP contribution is 2.42. The van der Waals surface area contributed by atoms with E-state index in [9.17, 15) is 9.59 Å². The molecule has 2 N–H and O–H groups in total. The van der Waals surface area contributed by atoms with E-state index in [1.165, 1.54) is 24.1 Å². The number of fused-ring (bicyclic) bond motifs is 1. The number of amides is 1. The number of thiophene rings is 1. The number of hydrogen-bond acceptors (Lipinski definition) is 8. The number of nitrogens with one attached hydrogen (secondary N) is 2. The fraction of sp³-hybridized carbons (Fsp3) is 0.316. The Morgan fingerprint density at radius 2 is 2.19 bits per heavy atom. The highest BCUT2D eigenvalue weighted by Gasteiger charge is 2.27. The number of aromatic nitrogens is 5. The Bertz CT molecular complexity index is 1290. The number of nitrogens with zero attached hydrogens (tertiary/aromatic N) is 4. The average molecular weight is 463 g/mol. The summed E-state index contributed by atoms with van der Waals surface area (Å²) in [5, 5.41) is 9.01. The zero-order valence-electron chi connectivity index (χ0n) is 16.9. The molecule has 0 bridgehead atoms. The number of ether oxygens (including phenoxy) is 1. The van der Waals surface area contributed by atoms with E-state index in [1.807, 2.05) is 5.38 Å². The first-order chi connectivity index (χ1) is 14.8. The van der Waals surface area contributed by atoms with Crippen molar-refractivity contribution in [2.24, 2.45) is 0 Å². The zero-order chi connectivity index (χ0) is 22.2. The van der Waals surface area contributed by atoms with E-state index in [1.54, 1.807) is 31.4 Å². The van der Waals surface area contributed by atoms with Gasteiger partial charge in [-0.2, -0.15) is 4.98 Å². The van der Waals surface area contributed by atoms with Crippen LogP contribution in [0.25, 0.3) is 33.0 Å². The Hall–Kier alpha value is -3.18. The van der Waals surface area contributed by atoms with Gasteiger partial charge in [-0.05, 0) is 32.2 Å². The number of rotatable bonds is 5. The Balaban J connectivity index is 1.83. The monoisotopic (exact) mass is 462 g/mol. The summed E-state index contributed by atoms with van der Waals surface area (Å²) in [5.74, 6) is 0.279. The number of carbonyl (C=O) groups excluding carboxylic acids is 1. The van der Waals surface area contributed by atoms with Crippen molar-refractivity contribution >= 4 is 40.1 Å². The lowest BCUT2D eigenvalue weighted by Crippen LogP contribution is -2.34. The van der Waals surface area contributed by atoms with Gasteiger partial charge in [-0.1, -0.05) is 16.8 Å². The molecule has 0 aliphatic heterocycles.